The zero-order chi connectivity index (χ0) is 17.5. The van der Waals surface area contributed by atoms with Crippen LogP contribution in [-0.4, -0.2) is 52.6 Å². The van der Waals surface area contributed by atoms with Crippen molar-refractivity contribution in [3.8, 4) is 0 Å². The van der Waals surface area contributed by atoms with E-state index in [1.807, 2.05) is 6.92 Å². The first kappa shape index (κ1) is 19.3. The Morgan fingerprint density at radius 2 is 2.04 bits per heavy atom. The van der Waals surface area contributed by atoms with E-state index in [4.69, 9.17) is 4.74 Å². The van der Waals surface area contributed by atoms with E-state index in [1.165, 1.54) is 14.1 Å². The highest BCUT2D eigenvalue weighted by Crippen LogP contribution is 2.21. The average molecular weight is 347 g/mol. The number of hydrogen-bond acceptors (Lipinski definition) is 4. The molecule has 0 unspecified atom stereocenters. The molecule has 0 heterocycles. The van der Waals surface area contributed by atoms with E-state index in [-0.39, 0.29) is 10.6 Å². The molecule has 2 amide bonds. The first-order valence-corrected chi connectivity index (χ1v) is 8.57. The highest BCUT2D eigenvalue weighted by atomic mass is 32.2. The van der Waals surface area contributed by atoms with Gasteiger partial charge >= 0.3 is 6.03 Å². The number of carbonyl (C=O) groups excluding carboxylic acids is 1. The average Bonchev–Trinajstić information content (AvgIpc) is 2.49. The number of benzene rings is 1. The molecule has 0 radical (unpaired) electrons. The Kier molecular flexibility index (Phi) is 7.40. The first-order chi connectivity index (χ1) is 10.8. The van der Waals surface area contributed by atoms with Crippen molar-refractivity contribution in [1.82, 2.24) is 9.62 Å². The summed E-state index contributed by atoms with van der Waals surface area (Å²) >= 11 is 0. The fraction of sp³-hybridized carbons (Fsp3) is 0.500. The Labute approximate surface area is 135 Å². The molecule has 0 saturated heterocycles. The normalized spacial score (nSPS) is 11.5. The van der Waals surface area contributed by atoms with Crippen LogP contribution in [0.3, 0.4) is 0 Å². The van der Waals surface area contributed by atoms with Crippen molar-refractivity contribution >= 4 is 21.7 Å². The van der Waals surface area contributed by atoms with Gasteiger partial charge in [-0.3, -0.25) is 0 Å². The largest absolute Gasteiger partial charge is 0.382 e. The van der Waals surface area contributed by atoms with Crippen LogP contribution in [0.15, 0.2) is 23.1 Å². The van der Waals surface area contributed by atoms with Gasteiger partial charge in [0, 0.05) is 33.9 Å². The molecule has 0 atom stereocenters. The van der Waals surface area contributed by atoms with Crippen LogP contribution >= 0.6 is 0 Å². The summed E-state index contributed by atoms with van der Waals surface area (Å²) in [5, 5.41) is 4.85. The summed E-state index contributed by atoms with van der Waals surface area (Å²) in [4.78, 5) is 11.6. The summed E-state index contributed by atoms with van der Waals surface area (Å²) < 4.78 is 43.9. The van der Waals surface area contributed by atoms with Crippen LogP contribution in [0.25, 0.3) is 0 Å². The number of hydrogen-bond donors (Lipinski definition) is 2. The molecule has 0 aliphatic heterocycles. The van der Waals surface area contributed by atoms with Crippen molar-refractivity contribution in [2.24, 2.45) is 0 Å². The Morgan fingerprint density at radius 3 is 2.65 bits per heavy atom. The molecular formula is C14H22FN3O4S. The van der Waals surface area contributed by atoms with E-state index < -0.39 is 21.9 Å². The molecule has 23 heavy (non-hydrogen) atoms. The van der Waals surface area contributed by atoms with Crippen molar-refractivity contribution in [2.45, 2.75) is 18.2 Å². The number of urea groups is 1. The molecule has 1 aromatic carbocycles. The molecule has 0 bridgehead atoms. The molecular weight excluding hydrogens is 325 g/mol. The van der Waals surface area contributed by atoms with Gasteiger partial charge in [-0.05, 0) is 31.5 Å². The first-order valence-electron chi connectivity index (χ1n) is 7.13. The third-order valence-corrected chi connectivity index (χ3v) is 4.73. The zero-order valence-corrected chi connectivity index (χ0v) is 14.2. The highest BCUT2D eigenvalue weighted by molar-refractivity contribution is 7.89. The van der Waals surface area contributed by atoms with Gasteiger partial charge in [0.25, 0.3) is 0 Å². The predicted molar refractivity (Wildman–Crippen MR) is 85.4 cm³/mol. The standard InChI is InChI=1S/C14H22FN3O4S/c1-4-22-9-5-8-16-14(19)17-13-10-11(6-7-12(13)15)23(20,21)18(2)3/h6-7,10H,4-5,8-9H2,1-3H3,(H2,16,17,19). The Balaban J connectivity index is 2.71. The second kappa shape index (κ2) is 8.80. The number of rotatable bonds is 8. The summed E-state index contributed by atoms with van der Waals surface area (Å²) in [5.74, 6) is -0.716. The maximum Gasteiger partial charge on any atom is 0.319 e. The number of nitrogens with one attached hydrogen (secondary N) is 2. The molecule has 0 aliphatic rings. The minimum Gasteiger partial charge on any atom is -0.382 e. The number of halogens is 1. The lowest BCUT2D eigenvalue weighted by atomic mass is 10.3. The summed E-state index contributed by atoms with van der Waals surface area (Å²) in [5.41, 5.74) is -0.199. The van der Waals surface area contributed by atoms with Crippen molar-refractivity contribution in [2.75, 3.05) is 39.2 Å². The number of anilines is 1. The summed E-state index contributed by atoms with van der Waals surface area (Å²) in [7, 11) is -0.957. The second-order valence-electron chi connectivity index (χ2n) is 4.86. The smallest absolute Gasteiger partial charge is 0.319 e. The van der Waals surface area contributed by atoms with Crippen molar-refractivity contribution in [1.29, 1.82) is 0 Å². The van der Waals surface area contributed by atoms with Gasteiger partial charge in [-0.25, -0.2) is 21.9 Å². The quantitative estimate of drug-likeness (QED) is 0.700. The van der Waals surface area contributed by atoms with Gasteiger partial charge in [-0.2, -0.15) is 0 Å². The lowest BCUT2D eigenvalue weighted by molar-refractivity contribution is 0.145. The van der Waals surface area contributed by atoms with Gasteiger partial charge in [-0.1, -0.05) is 0 Å². The van der Waals surface area contributed by atoms with Crippen LogP contribution in [0.4, 0.5) is 14.9 Å². The van der Waals surface area contributed by atoms with Crippen molar-refractivity contribution in [3.05, 3.63) is 24.0 Å². The van der Waals surface area contributed by atoms with E-state index in [1.54, 1.807) is 0 Å². The molecule has 1 aromatic rings. The number of ether oxygens (including phenoxy) is 1. The minimum absolute atomic E-state index is 0.101. The number of sulfonamides is 1. The maximum absolute atomic E-state index is 13.7. The van der Waals surface area contributed by atoms with Crippen molar-refractivity contribution in [3.63, 3.8) is 0 Å². The molecule has 0 aromatic heterocycles. The Morgan fingerprint density at radius 1 is 1.35 bits per heavy atom. The monoisotopic (exact) mass is 347 g/mol. The van der Waals surface area contributed by atoms with Gasteiger partial charge in [0.05, 0.1) is 10.6 Å². The Hall–Kier alpha value is -1.71. The molecule has 2 N–H and O–H groups in total. The lowest BCUT2D eigenvalue weighted by Crippen LogP contribution is -2.30. The molecule has 0 fully saturated rings. The van der Waals surface area contributed by atoms with Gasteiger partial charge in [0.2, 0.25) is 10.0 Å². The number of carbonyl (C=O) groups is 1. The molecule has 9 heteroatoms. The van der Waals surface area contributed by atoms with E-state index in [0.717, 1.165) is 22.5 Å². The minimum atomic E-state index is -3.70. The topological polar surface area (TPSA) is 87.7 Å². The summed E-state index contributed by atoms with van der Waals surface area (Å²) in [6, 6.07) is 2.63. The third kappa shape index (κ3) is 5.77. The highest BCUT2D eigenvalue weighted by Gasteiger charge is 2.19. The van der Waals surface area contributed by atoms with Gasteiger partial charge in [0.15, 0.2) is 0 Å². The van der Waals surface area contributed by atoms with Gasteiger partial charge in [-0.15, -0.1) is 0 Å². The maximum atomic E-state index is 13.7. The molecule has 1 rings (SSSR count). The van der Waals surface area contributed by atoms with Crippen LogP contribution in [0.2, 0.25) is 0 Å². The second-order valence-corrected chi connectivity index (χ2v) is 7.01. The molecule has 7 nitrogen and oxygen atoms in total. The summed E-state index contributed by atoms with van der Waals surface area (Å²) in [6.07, 6.45) is 0.624. The summed E-state index contributed by atoms with van der Waals surface area (Å²) in [6.45, 7) is 3.35. The molecule has 0 aliphatic carbocycles. The van der Waals surface area contributed by atoms with E-state index in [0.29, 0.717) is 26.2 Å². The lowest BCUT2D eigenvalue weighted by Gasteiger charge is -2.13. The van der Waals surface area contributed by atoms with Crippen LogP contribution in [0, 0.1) is 5.82 Å². The number of amides is 2. The SMILES string of the molecule is CCOCCCNC(=O)Nc1cc(S(=O)(=O)N(C)C)ccc1F. The van der Waals surface area contributed by atoms with Crippen LogP contribution in [-0.2, 0) is 14.8 Å². The molecule has 0 spiro atoms. The fourth-order valence-electron chi connectivity index (χ4n) is 1.66. The molecule has 130 valence electrons. The van der Waals surface area contributed by atoms with Gasteiger partial charge in [0.1, 0.15) is 5.82 Å². The number of nitrogens with zero attached hydrogens (tertiary/aromatic N) is 1. The predicted octanol–water partition coefficient (Wildman–Crippen LogP) is 1.62. The molecule has 0 saturated carbocycles. The van der Waals surface area contributed by atoms with Crippen LogP contribution in [0.1, 0.15) is 13.3 Å². The van der Waals surface area contributed by atoms with Gasteiger partial charge < -0.3 is 15.4 Å². The third-order valence-electron chi connectivity index (χ3n) is 2.92. The fourth-order valence-corrected chi connectivity index (χ4v) is 2.59. The van der Waals surface area contributed by atoms with Crippen LogP contribution < -0.4 is 10.6 Å². The van der Waals surface area contributed by atoms with E-state index in [2.05, 4.69) is 10.6 Å². The zero-order valence-electron chi connectivity index (χ0n) is 13.4. The van der Waals surface area contributed by atoms with Crippen molar-refractivity contribution < 1.29 is 22.3 Å². The van der Waals surface area contributed by atoms with E-state index in [9.17, 15) is 17.6 Å². The van der Waals surface area contributed by atoms with Crippen LogP contribution in [0.5, 0.6) is 0 Å². The Bertz CT molecular complexity index is 635. The van der Waals surface area contributed by atoms with E-state index >= 15 is 0 Å².